The van der Waals surface area contributed by atoms with Gasteiger partial charge in [-0.1, -0.05) is 29.8 Å². The molecule has 0 spiro atoms. The van der Waals surface area contributed by atoms with E-state index in [1.165, 1.54) is 6.21 Å². The molecule has 144 valence electrons. The summed E-state index contributed by atoms with van der Waals surface area (Å²) in [5.74, 6) is -0.361. The van der Waals surface area contributed by atoms with E-state index < -0.39 is 11.8 Å². The minimum atomic E-state index is -0.442. The number of hydrogen-bond donors (Lipinski definition) is 2. The Morgan fingerprint density at radius 3 is 2.82 bits per heavy atom. The summed E-state index contributed by atoms with van der Waals surface area (Å²) in [5.41, 5.74) is 9.30. The number of amides is 2. The highest BCUT2D eigenvalue weighted by molar-refractivity contribution is 9.10. The van der Waals surface area contributed by atoms with Crippen LogP contribution in [0.25, 0.3) is 10.9 Å². The summed E-state index contributed by atoms with van der Waals surface area (Å²) in [6, 6.07) is 12.5. The molecular formula is C19H16BrClN4O3. The number of nitrogens with zero attached hydrogens (tertiary/aromatic N) is 2. The first-order chi connectivity index (χ1) is 13.4. The van der Waals surface area contributed by atoms with E-state index in [0.29, 0.717) is 15.2 Å². The molecule has 0 saturated carbocycles. The van der Waals surface area contributed by atoms with Gasteiger partial charge in [0, 0.05) is 27.7 Å². The minimum absolute atomic E-state index is 0.0600. The summed E-state index contributed by atoms with van der Waals surface area (Å²) >= 11 is 9.18. The van der Waals surface area contributed by atoms with Crippen molar-refractivity contribution in [2.24, 2.45) is 10.8 Å². The first-order valence-corrected chi connectivity index (χ1v) is 9.37. The van der Waals surface area contributed by atoms with Gasteiger partial charge in [-0.25, -0.2) is 5.43 Å². The lowest BCUT2D eigenvalue weighted by Crippen LogP contribution is -2.24. The van der Waals surface area contributed by atoms with Crippen molar-refractivity contribution < 1.29 is 14.3 Å². The van der Waals surface area contributed by atoms with E-state index in [4.69, 9.17) is 22.1 Å². The van der Waals surface area contributed by atoms with E-state index in [9.17, 15) is 9.59 Å². The van der Waals surface area contributed by atoms with Crippen LogP contribution in [0.15, 0.2) is 58.2 Å². The number of nitrogens with one attached hydrogen (secondary N) is 1. The number of carbonyl (C=O) groups excluding carboxylic acids is 2. The molecule has 3 N–H and O–H groups in total. The molecule has 0 aliphatic carbocycles. The number of para-hydroxylation sites is 1. The molecule has 1 aromatic heterocycles. The summed E-state index contributed by atoms with van der Waals surface area (Å²) in [4.78, 5) is 23.2. The van der Waals surface area contributed by atoms with Gasteiger partial charge in [0.25, 0.3) is 5.91 Å². The maximum absolute atomic E-state index is 11.9. The molecule has 0 saturated heterocycles. The third-order valence-corrected chi connectivity index (χ3v) is 4.65. The van der Waals surface area contributed by atoms with E-state index in [1.54, 1.807) is 29.0 Å². The molecule has 7 nitrogen and oxygen atoms in total. The number of fused-ring (bicyclic) bond motifs is 1. The van der Waals surface area contributed by atoms with Crippen LogP contribution in [0.4, 0.5) is 0 Å². The van der Waals surface area contributed by atoms with Gasteiger partial charge in [0.15, 0.2) is 6.61 Å². The lowest BCUT2D eigenvalue weighted by atomic mass is 10.2. The molecule has 2 aromatic carbocycles. The average Bonchev–Trinajstić information content (AvgIpc) is 2.98. The van der Waals surface area contributed by atoms with Crippen LogP contribution in [-0.4, -0.2) is 29.2 Å². The maximum atomic E-state index is 11.9. The van der Waals surface area contributed by atoms with Crippen LogP contribution in [0, 0.1) is 0 Å². The Morgan fingerprint density at radius 1 is 1.29 bits per heavy atom. The van der Waals surface area contributed by atoms with Gasteiger partial charge in [-0.2, -0.15) is 5.10 Å². The topological polar surface area (TPSA) is 98.7 Å². The number of rotatable bonds is 7. The third-order valence-electron chi connectivity index (χ3n) is 3.79. The third kappa shape index (κ3) is 4.90. The van der Waals surface area contributed by atoms with Crippen molar-refractivity contribution in [2.45, 2.75) is 6.54 Å². The van der Waals surface area contributed by atoms with E-state index in [0.717, 1.165) is 16.5 Å². The summed E-state index contributed by atoms with van der Waals surface area (Å²) in [6.07, 6.45) is 3.27. The van der Waals surface area contributed by atoms with Crippen molar-refractivity contribution in [2.75, 3.05) is 6.61 Å². The Labute approximate surface area is 174 Å². The van der Waals surface area contributed by atoms with Crippen LogP contribution in [0.5, 0.6) is 5.75 Å². The maximum Gasteiger partial charge on any atom is 0.277 e. The van der Waals surface area contributed by atoms with Gasteiger partial charge in [-0.3, -0.25) is 9.59 Å². The smallest absolute Gasteiger partial charge is 0.277 e. The molecule has 0 radical (unpaired) electrons. The predicted molar refractivity (Wildman–Crippen MR) is 112 cm³/mol. The Balaban J connectivity index is 1.64. The van der Waals surface area contributed by atoms with Crippen molar-refractivity contribution in [3.05, 3.63) is 63.7 Å². The van der Waals surface area contributed by atoms with E-state index in [1.807, 2.05) is 24.3 Å². The fourth-order valence-electron chi connectivity index (χ4n) is 2.62. The second-order valence-corrected chi connectivity index (χ2v) is 7.14. The number of halogens is 2. The summed E-state index contributed by atoms with van der Waals surface area (Å²) in [5, 5.41) is 5.42. The van der Waals surface area contributed by atoms with Crippen molar-refractivity contribution in [3.63, 3.8) is 0 Å². The summed E-state index contributed by atoms with van der Waals surface area (Å²) in [6.45, 7) is -0.147. The van der Waals surface area contributed by atoms with Gasteiger partial charge in [-0.05, 0) is 40.2 Å². The van der Waals surface area contributed by atoms with Gasteiger partial charge >= 0.3 is 0 Å². The molecule has 0 aliphatic rings. The minimum Gasteiger partial charge on any atom is -0.483 e. The number of benzene rings is 2. The highest BCUT2D eigenvalue weighted by Gasteiger charge is 2.09. The van der Waals surface area contributed by atoms with Gasteiger partial charge in [0.1, 0.15) is 12.3 Å². The number of nitrogens with two attached hydrogens (primary N) is 1. The number of hydrogen-bond acceptors (Lipinski definition) is 4. The number of primary amides is 1. The molecule has 1 heterocycles. The van der Waals surface area contributed by atoms with Crippen LogP contribution < -0.4 is 15.9 Å². The van der Waals surface area contributed by atoms with Crippen LogP contribution >= 0.6 is 27.5 Å². The quantitative estimate of drug-likeness (QED) is 0.416. The van der Waals surface area contributed by atoms with Crippen LogP contribution in [-0.2, 0) is 16.1 Å². The van der Waals surface area contributed by atoms with Crippen LogP contribution in [0.2, 0.25) is 5.02 Å². The normalized spacial score (nSPS) is 11.1. The second kappa shape index (κ2) is 8.90. The van der Waals surface area contributed by atoms with Gasteiger partial charge in [0.2, 0.25) is 5.91 Å². The molecule has 9 heteroatoms. The Hall–Kier alpha value is -2.84. The number of hydrazone groups is 1. The van der Waals surface area contributed by atoms with E-state index >= 15 is 0 Å². The average molecular weight is 464 g/mol. The highest BCUT2D eigenvalue weighted by Crippen LogP contribution is 2.27. The Bertz CT molecular complexity index is 1060. The van der Waals surface area contributed by atoms with Gasteiger partial charge < -0.3 is 15.0 Å². The Kier molecular flexibility index (Phi) is 6.33. The van der Waals surface area contributed by atoms with Crippen molar-refractivity contribution in [3.8, 4) is 5.75 Å². The zero-order valence-corrected chi connectivity index (χ0v) is 16.9. The molecule has 0 aliphatic heterocycles. The fraction of sp³-hybridized carbons (Fsp3) is 0.105. The van der Waals surface area contributed by atoms with Crippen molar-refractivity contribution in [1.82, 2.24) is 9.99 Å². The first kappa shape index (κ1) is 19.9. The SMILES string of the molecule is NC(=O)Cn1cc(/C=N/NC(=O)COc2ccc(Cl)cc2Br)c2ccccc21. The molecule has 0 fully saturated rings. The van der Waals surface area contributed by atoms with Crippen LogP contribution in [0.1, 0.15) is 5.56 Å². The molecule has 3 rings (SSSR count). The summed E-state index contributed by atoms with van der Waals surface area (Å²) < 4.78 is 7.82. The van der Waals surface area contributed by atoms with Gasteiger partial charge in [0.05, 0.1) is 10.7 Å². The zero-order chi connectivity index (χ0) is 20.1. The van der Waals surface area contributed by atoms with E-state index in [-0.39, 0.29) is 13.2 Å². The van der Waals surface area contributed by atoms with Crippen LogP contribution in [0.3, 0.4) is 0 Å². The second-order valence-electron chi connectivity index (χ2n) is 5.85. The fourth-order valence-corrected chi connectivity index (χ4v) is 3.42. The predicted octanol–water partition coefficient (Wildman–Crippen LogP) is 3.07. The Morgan fingerprint density at radius 2 is 2.07 bits per heavy atom. The molecule has 28 heavy (non-hydrogen) atoms. The van der Waals surface area contributed by atoms with Crippen molar-refractivity contribution >= 4 is 56.5 Å². The molecule has 3 aromatic rings. The van der Waals surface area contributed by atoms with Gasteiger partial charge in [-0.15, -0.1) is 0 Å². The van der Waals surface area contributed by atoms with Crippen molar-refractivity contribution in [1.29, 1.82) is 0 Å². The van der Waals surface area contributed by atoms with E-state index in [2.05, 4.69) is 26.5 Å². The lowest BCUT2D eigenvalue weighted by Gasteiger charge is -2.07. The largest absolute Gasteiger partial charge is 0.483 e. The number of carbonyl (C=O) groups is 2. The molecular weight excluding hydrogens is 448 g/mol. The number of ether oxygens (including phenoxy) is 1. The molecule has 0 bridgehead atoms. The first-order valence-electron chi connectivity index (χ1n) is 8.20. The molecule has 2 amide bonds. The highest BCUT2D eigenvalue weighted by atomic mass is 79.9. The summed E-state index contributed by atoms with van der Waals surface area (Å²) in [7, 11) is 0. The molecule has 0 unspecified atom stereocenters. The standard InChI is InChI=1S/C19H16BrClN4O3/c20-15-7-13(21)5-6-17(15)28-11-19(27)24-23-8-12-9-25(10-18(22)26)16-4-2-1-3-14(12)16/h1-9H,10-11H2,(H2,22,26)(H,24,27)/b23-8+. The lowest BCUT2D eigenvalue weighted by molar-refractivity contribution is -0.123. The zero-order valence-electron chi connectivity index (χ0n) is 14.6. The number of aromatic nitrogens is 1. The monoisotopic (exact) mass is 462 g/mol. The molecule has 0 atom stereocenters.